The number of hydrogen-bond acceptors (Lipinski definition) is 2. The monoisotopic (exact) mass is 325 g/mol. The van der Waals surface area contributed by atoms with Gasteiger partial charge in [0.05, 0.1) is 0 Å². The average Bonchev–Trinajstić information content (AvgIpc) is 2.51. The Labute approximate surface area is 144 Å². The summed E-state index contributed by atoms with van der Waals surface area (Å²) in [6.45, 7) is 4.89. The highest BCUT2D eigenvalue weighted by atomic mass is 16.4. The lowest BCUT2D eigenvalue weighted by Crippen LogP contribution is -1.93. The van der Waals surface area contributed by atoms with Gasteiger partial charge in [0.1, 0.15) is 0 Å². The van der Waals surface area contributed by atoms with Crippen molar-refractivity contribution in [2.24, 2.45) is 5.73 Å². The van der Waals surface area contributed by atoms with Crippen LogP contribution in [0.25, 0.3) is 0 Å². The summed E-state index contributed by atoms with van der Waals surface area (Å²) < 4.78 is 0. The maximum absolute atomic E-state index is 10.3. The number of allylic oxidation sites excluding steroid dienone is 4. The summed E-state index contributed by atoms with van der Waals surface area (Å²) >= 11 is 0. The second-order valence-electron chi connectivity index (χ2n) is 5.78. The van der Waals surface area contributed by atoms with Crippen molar-refractivity contribution in [3.63, 3.8) is 0 Å². The van der Waals surface area contributed by atoms with E-state index in [1.807, 2.05) is 6.92 Å². The predicted octanol–water partition coefficient (Wildman–Crippen LogP) is 5.85. The Morgan fingerprint density at radius 3 is 1.83 bits per heavy atom. The van der Waals surface area contributed by atoms with Gasteiger partial charge in [-0.3, -0.25) is 4.79 Å². The lowest BCUT2D eigenvalue weighted by molar-refractivity contribution is -0.137. The topological polar surface area (TPSA) is 63.3 Å². The fraction of sp³-hybridized carbons (Fsp3) is 0.750. The Bertz CT molecular complexity index is 285. The van der Waals surface area contributed by atoms with Crippen molar-refractivity contribution < 1.29 is 9.90 Å². The fourth-order valence-electron chi connectivity index (χ4n) is 2.09. The molecule has 0 fully saturated rings. The van der Waals surface area contributed by atoms with E-state index in [2.05, 4.69) is 31.2 Å². The molecule has 23 heavy (non-hydrogen) atoms. The molecule has 0 aromatic heterocycles. The molecule has 0 aliphatic heterocycles. The molecule has 0 bridgehead atoms. The van der Waals surface area contributed by atoms with Crippen molar-refractivity contribution in [1.82, 2.24) is 0 Å². The van der Waals surface area contributed by atoms with E-state index in [9.17, 15) is 4.79 Å². The van der Waals surface area contributed by atoms with Crippen LogP contribution in [0, 0.1) is 0 Å². The standard InChI is InChI=1S/C18H32O2.C2H7N/c1-2-3-4-5-6-7-8-9-10-11-12-13-14-15-16-17-18(19)20;1-2-3/h6-7,9-10H,2-5,8,11-17H2,1H3,(H,19,20);2-3H2,1H3/b7-6-,10-9-;. The smallest absolute Gasteiger partial charge is 0.303 e. The molecule has 136 valence electrons. The number of nitrogens with two attached hydrogens (primary N) is 1. The van der Waals surface area contributed by atoms with Crippen LogP contribution in [0.15, 0.2) is 24.3 Å². The zero-order valence-electron chi connectivity index (χ0n) is 15.4. The van der Waals surface area contributed by atoms with E-state index in [-0.39, 0.29) is 0 Å². The lowest BCUT2D eigenvalue weighted by Gasteiger charge is -1.98. The van der Waals surface area contributed by atoms with Gasteiger partial charge in [-0.1, -0.05) is 70.3 Å². The Morgan fingerprint density at radius 1 is 0.826 bits per heavy atom. The first kappa shape index (κ1) is 24.2. The molecule has 3 N–H and O–H groups in total. The number of carbonyl (C=O) groups is 1. The second-order valence-corrected chi connectivity index (χ2v) is 5.78. The van der Waals surface area contributed by atoms with Gasteiger partial charge in [0.15, 0.2) is 0 Å². The van der Waals surface area contributed by atoms with Crippen molar-refractivity contribution >= 4 is 5.97 Å². The maximum Gasteiger partial charge on any atom is 0.303 e. The summed E-state index contributed by atoms with van der Waals surface area (Å²) in [5.41, 5.74) is 4.85. The van der Waals surface area contributed by atoms with Gasteiger partial charge >= 0.3 is 5.97 Å². The van der Waals surface area contributed by atoms with Crippen molar-refractivity contribution in [3.8, 4) is 0 Å². The summed E-state index contributed by atoms with van der Waals surface area (Å²) in [5, 5.41) is 8.50. The van der Waals surface area contributed by atoms with Crippen molar-refractivity contribution in [1.29, 1.82) is 0 Å². The van der Waals surface area contributed by atoms with Crippen LogP contribution in [0.1, 0.15) is 90.9 Å². The van der Waals surface area contributed by atoms with E-state index < -0.39 is 5.97 Å². The summed E-state index contributed by atoms with van der Waals surface area (Å²) in [7, 11) is 0. The van der Waals surface area contributed by atoms with Gasteiger partial charge in [0.2, 0.25) is 0 Å². The van der Waals surface area contributed by atoms with Crippen molar-refractivity contribution in [3.05, 3.63) is 24.3 Å². The Kier molecular flexibility index (Phi) is 24.4. The third kappa shape index (κ3) is 29.5. The largest absolute Gasteiger partial charge is 0.481 e. The molecule has 0 rings (SSSR count). The third-order valence-corrected chi connectivity index (χ3v) is 3.34. The Hall–Kier alpha value is -1.09. The molecular weight excluding hydrogens is 286 g/mol. The predicted molar refractivity (Wildman–Crippen MR) is 102 cm³/mol. The number of aliphatic carboxylic acids is 1. The second kappa shape index (κ2) is 23.2. The molecule has 0 saturated carbocycles. The molecule has 0 saturated heterocycles. The molecule has 3 heteroatoms. The minimum absolute atomic E-state index is 0.324. The molecule has 0 aliphatic carbocycles. The third-order valence-electron chi connectivity index (χ3n) is 3.34. The van der Waals surface area contributed by atoms with Crippen LogP contribution in [-0.2, 0) is 4.79 Å². The van der Waals surface area contributed by atoms with E-state index in [1.54, 1.807) is 0 Å². The summed E-state index contributed by atoms with van der Waals surface area (Å²) in [5.74, 6) is -0.671. The summed E-state index contributed by atoms with van der Waals surface area (Å²) in [6.07, 6.45) is 22.3. The first-order chi connectivity index (χ1) is 11.2. The van der Waals surface area contributed by atoms with Crippen LogP contribution in [-0.4, -0.2) is 17.6 Å². The molecule has 0 unspecified atom stereocenters. The van der Waals surface area contributed by atoms with E-state index in [1.165, 1.54) is 44.9 Å². The van der Waals surface area contributed by atoms with Crippen LogP contribution >= 0.6 is 0 Å². The first-order valence-corrected chi connectivity index (χ1v) is 9.40. The van der Waals surface area contributed by atoms with E-state index in [4.69, 9.17) is 10.8 Å². The lowest BCUT2D eigenvalue weighted by atomic mass is 10.1. The van der Waals surface area contributed by atoms with Crippen molar-refractivity contribution in [2.75, 3.05) is 6.54 Å². The molecule has 0 radical (unpaired) electrons. The molecule has 0 aromatic carbocycles. The molecule has 0 aromatic rings. The number of carboxylic acids is 1. The number of unbranched alkanes of at least 4 members (excludes halogenated alkanes) is 8. The quantitative estimate of drug-likeness (QED) is 0.311. The van der Waals surface area contributed by atoms with Gasteiger partial charge in [-0.25, -0.2) is 0 Å². The highest BCUT2D eigenvalue weighted by Gasteiger charge is 1.95. The molecule has 0 amide bonds. The summed E-state index contributed by atoms with van der Waals surface area (Å²) in [4.78, 5) is 10.3. The molecule has 0 aliphatic rings. The van der Waals surface area contributed by atoms with Gasteiger partial charge in [-0.05, 0) is 45.1 Å². The van der Waals surface area contributed by atoms with Gasteiger partial charge < -0.3 is 10.8 Å². The Balaban J connectivity index is 0. The maximum atomic E-state index is 10.3. The van der Waals surface area contributed by atoms with E-state index in [0.29, 0.717) is 6.42 Å². The minimum atomic E-state index is -0.671. The van der Waals surface area contributed by atoms with Gasteiger partial charge in [0.25, 0.3) is 0 Å². The highest BCUT2D eigenvalue weighted by Crippen LogP contribution is 2.08. The average molecular weight is 326 g/mol. The van der Waals surface area contributed by atoms with Crippen LogP contribution in [0.5, 0.6) is 0 Å². The van der Waals surface area contributed by atoms with E-state index >= 15 is 0 Å². The zero-order valence-corrected chi connectivity index (χ0v) is 15.4. The first-order valence-electron chi connectivity index (χ1n) is 9.40. The number of hydrogen-bond donors (Lipinski definition) is 2. The van der Waals surface area contributed by atoms with Gasteiger partial charge in [0, 0.05) is 6.42 Å². The SMILES string of the molecule is CCCCC/C=C\C/C=C\CCCCCCCC(=O)O.CCN. The van der Waals surface area contributed by atoms with E-state index in [0.717, 1.165) is 32.2 Å². The van der Waals surface area contributed by atoms with Crippen LogP contribution in [0.3, 0.4) is 0 Å². The van der Waals surface area contributed by atoms with Crippen LogP contribution in [0.2, 0.25) is 0 Å². The molecule has 0 heterocycles. The summed E-state index contributed by atoms with van der Waals surface area (Å²) in [6, 6.07) is 0. The number of carboxylic acid groups (broad SMARTS) is 1. The van der Waals surface area contributed by atoms with Crippen LogP contribution in [0.4, 0.5) is 0 Å². The molecule has 0 spiro atoms. The fourth-order valence-corrected chi connectivity index (χ4v) is 2.09. The molecule has 3 nitrogen and oxygen atoms in total. The van der Waals surface area contributed by atoms with Crippen LogP contribution < -0.4 is 5.73 Å². The minimum Gasteiger partial charge on any atom is -0.481 e. The Morgan fingerprint density at radius 2 is 1.30 bits per heavy atom. The van der Waals surface area contributed by atoms with Crippen molar-refractivity contribution in [2.45, 2.75) is 90.9 Å². The number of rotatable bonds is 14. The zero-order chi connectivity index (χ0) is 17.6. The molecular formula is C20H39NO2. The normalized spacial score (nSPS) is 10.9. The van der Waals surface area contributed by atoms with Gasteiger partial charge in [-0.2, -0.15) is 0 Å². The molecule has 0 atom stereocenters. The highest BCUT2D eigenvalue weighted by molar-refractivity contribution is 5.66. The van der Waals surface area contributed by atoms with Gasteiger partial charge in [-0.15, -0.1) is 0 Å².